The van der Waals surface area contributed by atoms with Gasteiger partial charge in [-0.05, 0) is 25.7 Å². The molecule has 0 aromatic heterocycles. The predicted octanol–water partition coefficient (Wildman–Crippen LogP) is 1.07. The summed E-state index contributed by atoms with van der Waals surface area (Å²) < 4.78 is 0. The monoisotopic (exact) mass is 192 g/mol. The van der Waals surface area contributed by atoms with Crippen molar-refractivity contribution in [1.82, 2.24) is 0 Å². The molecule has 0 radical (unpaired) electrons. The second-order valence-corrected chi connectivity index (χ2v) is 3.46. The molecule has 76 valence electrons. The van der Waals surface area contributed by atoms with Crippen LogP contribution in [-0.2, 0) is 0 Å². The maximum absolute atomic E-state index is 9.37. The molecule has 2 unspecified atom stereocenters. The van der Waals surface area contributed by atoms with Crippen molar-refractivity contribution in [3.05, 3.63) is 0 Å². The molecule has 0 saturated carbocycles. The van der Waals surface area contributed by atoms with Crippen LogP contribution in [0.25, 0.3) is 0 Å². The van der Waals surface area contributed by atoms with Gasteiger partial charge >= 0.3 is 0 Å². The van der Waals surface area contributed by atoms with Gasteiger partial charge in [-0.3, -0.25) is 0 Å². The van der Waals surface area contributed by atoms with E-state index >= 15 is 0 Å². The minimum atomic E-state index is -0.499. The molecule has 1 rings (SSSR count). The molecule has 0 fully saturated rings. The molecule has 0 spiro atoms. The number of rotatable bonds is 0. The minimum absolute atomic E-state index is 0.499. The van der Waals surface area contributed by atoms with E-state index in [2.05, 4.69) is 23.7 Å². The van der Waals surface area contributed by atoms with Crippen LogP contribution in [0.15, 0.2) is 0 Å². The third kappa shape index (κ3) is 4.92. The van der Waals surface area contributed by atoms with Crippen molar-refractivity contribution in [3.63, 3.8) is 0 Å². The Balaban J connectivity index is 2.45. The van der Waals surface area contributed by atoms with Gasteiger partial charge in [-0.1, -0.05) is 11.8 Å². The van der Waals surface area contributed by atoms with Crippen molar-refractivity contribution in [1.29, 1.82) is 0 Å². The molecular formula is C12H16O2. The highest BCUT2D eigenvalue weighted by atomic mass is 16.3. The van der Waals surface area contributed by atoms with Gasteiger partial charge in [-0.25, -0.2) is 0 Å². The molecule has 2 nitrogen and oxygen atoms in total. The normalized spacial score (nSPS) is 28.4. The van der Waals surface area contributed by atoms with Gasteiger partial charge in [0, 0.05) is 12.8 Å². The molecule has 0 aromatic carbocycles. The zero-order chi connectivity index (χ0) is 10.2. The zero-order valence-corrected chi connectivity index (χ0v) is 8.29. The molecule has 2 atom stereocenters. The van der Waals surface area contributed by atoms with Crippen molar-refractivity contribution in [2.24, 2.45) is 0 Å². The molecule has 0 amide bonds. The Morgan fingerprint density at radius 3 is 1.64 bits per heavy atom. The highest BCUT2D eigenvalue weighted by Crippen LogP contribution is 2.03. The van der Waals surface area contributed by atoms with Crippen molar-refractivity contribution in [2.75, 3.05) is 0 Å². The van der Waals surface area contributed by atoms with Crippen LogP contribution < -0.4 is 0 Å². The van der Waals surface area contributed by atoms with Gasteiger partial charge in [0.05, 0.1) is 0 Å². The van der Waals surface area contributed by atoms with Crippen LogP contribution in [0.2, 0.25) is 0 Å². The second kappa shape index (κ2) is 6.49. The molecule has 0 saturated heterocycles. The Bertz CT molecular complexity index is 244. The fourth-order valence-corrected chi connectivity index (χ4v) is 1.29. The maximum Gasteiger partial charge on any atom is 0.114 e. The van der Waals surface area contributed by atoms with Gasteiger partial charge in [0.2, 0.25) is 0 Å². The Morgan fingerprint density at radius 2 is 1.21 bits per heavy atom. The predicted molar refractivity (Wildman–Crippen MR) is 55.3 cm³/mol. The second-order valence-electron chi connectivity index (χ2n) is 3.46. The van der Waals surface area contributed by atoms with Crippen LogP contribution in [0.5, 0.6) is 0 Å². The van der Waals surface area contributed by atoms with E-state index < -0.39 is 12.2 Å². The average molecular weight is 192 g/mol. The molecule has 14 heavy (non-hydrogen) atoms. The lowest BCUT2D eigenvalue weighted by Gasteiger charge is -2.03. The van der Waals surface area contributed by atoms with Crippen LogP contribution in [0.4, 0.5) is 0 Å². The first kappa shape index (κ1) is 11.1. The highest BCUT2D eigenvalue weighted by Gasteiger charge is 2.00. The first-order chi connectivity index (χ1) is 6.79. The number of hydrogen-bond acceptors (Lipinski definition) is 2. The van der Waals surface area contributed by atoms with Crippen molar-refractivity contribution in [2.45, 2.75) is 50.7 Å². The zero-order valence-electron chi connectivity index (χ0n) is 8.29. The molecule has 0 aliphatic heterocycles. The number of aliphatic hydroxyl groups is 2. The lowest BCUT2D eigenvalue weighted by Crippen LogP contribution is -2.04. The summed E-state index contributed by atoms with van der Waals surface area (Å²) in [5.41, 5.74) is 0. The third-order valence-corrected chi connectivity index (χ3v) is 2.10. The Morgan fingerprint density at radius 1 is 0.786 bits per heavy atom. The molecule has 2 heteroatoms. The lowest BCUT2D eigenvalue weighted by molar-refractivity contribution is 0.216. The van der Waals surface area contributed by atoms with E-state index in [1.807, 2.05) is 0 Å². The van der Waals surface area contributed by atoms with Crippen molar-refractivity contribution >= 4 is 0 Å². The Kier molecular flexibility index (Phi) is 5.15. The van der Waals surface area contributed by atoms with E-state index in [9.17, 15) is 10.2 Å². The summed E-state index contributed by atoms with van der Waals surface area (Å²) in [5, 5.41) is 18.7. The van der Waals surface area contributed by atoms with Crippen LogP contribution in [-0.4, -0.2) is 22.4 Å². The van der Waals surface area contributed by atoms with E-state index in [1.165, 1.54) is 0 Å². The summed E-state index contributed by atoms with van der Waals surface area (Å²) in [4.78, 5) is 0. The van der Waals surface area contributed by atoms with E-state index in [4.69, 9.17) is 0 Å². The van der Waals surface area contributed by atoms with Gasteiger partial charge in [-0.15, -0.1) is 11.8 Å². The third-order valence-electron chi connectivity index (χ3n) is 2.10. The minimum Gasteiger partial charge on any atom is -0.380 e. The molecule has 1 aliphatic carbocycles. The summed E-state index contributed by atoms with van der Waals surface area (Å²) >= 11 is 0. The fraction of sp³-hybridized carbons (Fsp3) is 0.667. The summed E-state index contributed by atoms with van der Waals surface area (Å²) in [6, 6.07) is 0. The topological polar surface area (TPSA) is 40.5 Å². The molecule has 1 aliphatic rings. The lowest BCUT2D eigenvalue weighted by atomic mass is 10.1. The van der Waals surface area contributed by atoms with Crippen molar-refractivity contribution in [3.8, 4) is 23.7 Å². The SMILES string of the molecule is OC1C#CCCCC(O)C#CCCC1. The van der Waals surface area contributed by atoms with E-state index in [-0.39, 0.29) is 0 Å². The molecule has 2 N–H and O–H groups in total. The highest BCUT2D eigenvalue weighted by molar-refractivity contribution is 5.08. The molecule has 0 bridgehead atoms. The Hall–Kier alpha value is -0.960. The standard InChI is InChI=1S/C12H16O2/c13-11-7-3-1-4-8-12(14)10-6-2-5-9-11/h11-14H,1-3,6-7,10H2. The van der Waals surface area contributed by atoms with Gasteiger partial charge in [0.15, 0.2) is 0 Å². The van der Waals surface area contributed by atoms with Crippen LogP contribution in [0.1, 0.15) is 38.5 Å². The summed E-state index contributed by atoms with van der Waals surface area (Å²) in [6.07, 6.45) is 3.51. The van der Waals surface area contributed by atoms with Gasteiger partial charge in [0.25, 0.3) is 0 Å². The van der Waals surface area contributed by atoms with E-state index in [0.29, 0.717) is 12.8 Å². The summed E-state index contributed by atoms with van der Waals surface area (Å²) in [6.45, 7) is 0. The van der Waals surface area contributed by atoms with Crippen molar-refractivity contribution < 1.29 is 10.2 Å². The summed E-state index contributed by atoms with van der Waals surface area (Å²) in [7, 11) is 0. The van der Waals surface area contributed by atoms with Crippen LogP contribution in [0, 0.1) is 23.7 Å². The molecule has 0 heterocycles. The number of hydrogen-bond donors (Lipinski definition) is 2. The first-order valence-electron chi connectivity index (χ1n) is 5.12. The number of aliphatic hydroxyl groups excluding tert-OH is 2. The average Bonchev–Trinajstić information content (AvgIpc) is 2.14. The fourth-order valence-electron chi connectivity index (χ4n) is 1.29. The van der Waals surface area contributed by atoms with Crippen LogP contribution in [0.3, 0.4) is 0 Å². The van der Waals surface area contributed by atoms with Crippen LogP contribution >= 0.6 is 0 Å². The van der Waals surface area contributed by atoms with Gasteiger partial charge in [-0.2, -0.15) is 0 Å². The van der Waals surface area contributed by atoms with Gasteiger partial charge < -0.3 is 10.2 Å². The van der Waals surface area contributed by atoms with E-state index in [1.54, 1.807) is 0 Å². The first-order valence-corrected chi connectivity index (χ1v) is 5.12. The van der Waals surface area contributed by atoms with E-state index in [0.717, 1.165) is 25.7 Å². The molecule has 0 aromatic rings. The van der Waals surface area contributed by atoms with Gasteiger partial charge in [0.1, 0.15) is 12.2 Å². The largest absolute Gasteiger partial charge is 0.380 e. The Labute approximate surface area is 85.3 Å². The summed E-state index contributed by atoms with van der Waals surface area (Å²) in [5.74, 6) is 11.4. The maximum atomic E-state index is 9.37. The molecular weight excluding hydrogens is 176 g/mol. The smallest absolute Gasteiger partial charge is 0.114 e. The quantitative estimate of drug-likeness (QED) is 0.564.